The second kappa shape index (κ2) is 7.95. The van der Waals surface area contributed by atoms with Gasteiger partial charge < -0.3 is 15.0 Å². The number of fused-ring (bicyclic) bond motifs is 3. The highest BCUT2D eigenvalue weighted by Crippen LogP contribution is 2.32. The summed E-state index contributed by atoms with van der Waals surface area (Å²) in [5.74, 6) is 0.578. The van der Waals surface area contributed by atoms with E-state index in [1.54, 1.807) is 7.11 Å². The van der Waals surface area contributed by atoms with Gasteiger partial charge in [0.2, 0.25) is 0 Å². The smallest absolute Gasteiger partial charge is 0.270 e. The number of hydrogen-bond acceptors (Lipinski definition) is 3. The van der Waals surface area contributed by atoms with Crippen LogP contribution in [-0.2, 0) is 6.54 Å². The third-order valence-electron chi connectivity index (χ3n) is 5.39. The zero-order valence-corrected chi connectivity index (χ0v) is 17.1. The lowest BCUT2D eigenvalue weighted by Crippen LogP contribution is -2.24. The van der Waals surface area contributed by atoms with Gasteiger partial charge in [-0.1, -0.05) is 60.7 Å². The van der Waals surface area contributed by atoms with Gasteiger partial charge in [0.1, 0.15) is 11.4 Å². The number of amides is 1. The van der Waals surface area contributed by atoms with E-state index in [0.29, 0.717) is 12.2 Å². The van der Waals surface area contributed by atoms with Gasteiger partial charge in [-0.05, 0) is 29.8 Å². The minimum absolute atomic E-state index is 0.208. The predicted molar refractivity (Wildman–Crippen MR) is 123 cm³/mol. The van der Waals surface area contributed by atoms with Crippen LogP contribution in [0.15, 0.2) is 84.9 Å². The van der Waals surface area contributed by atoms with E-state index >= 15 is 0 Å². The normalized spacial score (nSPS) is 11.0. The van der Waals surface area contributed by atoms with E-state index in [4.69, 9.17) is 9.72 Å². The molecule has 0 bridgehead atoms. The molecule has 3 aromatic carbocycles. The maximum absolute atomic E-state index is 13.0. The van der Waals surface area contributed by atoms with Crippen LogP contribution in [0, 0.1) is 0 Å². The summed E-state index contributed by atoms with van der Waals surface area (Å²) in [6.07, 6.45) is 0. The Bertz CT molecular complexity index is 1370. The van der Waals surface area contributed by atoms with Crippen molar-refractivity contribution in [2.45, 2.75) is 6.54 Å². The lowest BCUT2D eigenvalue weighted by Gasteiger charge is -2.09. The summed E-state index contributed by atoms with van der Waals surface area (Å²) in [4.78, 5) is 21.2. The molecule has 0 atom stereocenters. The van der Waals surface area contributed by atoms with Crippen molar-refractivity contribution < 1.29 is 9.53 Å². The van der Waals surface area contributed by atoms with Gasteiger partial charge in [-0.15, -0.1) is 0 Å². The van der Waals surface area contributed by atoms with Gasteiger partial charge in [0.05, 0.1) is 18.3 Å². The number of H-pyrrole nitrogens is 1. The molecule has 0 unspecified atom stereocenters. The Labute approximate surface area is 179 Å². The summed E-state index contributed by atoms with van der Waals surface area (Å²) >= 11 is 0. The number of nitrogens with zero attached hydrogens (tertiary/aromatic N) is 1. The zero-order chi connectivity index (χ0) is 21.2. The number of nitrogens with one attached hydrogen (secondary N) is 2. The molecule has 2 heterocycles. The monoisotopic (exact) mass is 407 g/mol. The van der Waals surface area contributed by atoms with Gasteiger partial charge in [0, 0.05) is 28.4 Å². The van der Waals surface area contributed by atoms with Crippen LogP contribution in [0.4, 0.5) is 0 Å². The van der Waals surface area contributed by atoms with Crippen LogP contribution < -0.4 is 10.1 Å². The second-order valence-electron chi connectivity index (χ2n) is 7.35. The van der Waals surface area contributed by atoms with E-state index in [1.807, 2.05) is 78.9 Å². The average Bonchev–Trinajstić information content (AvgIpc) is 3.21. The van der Waals surface area contributed by atoms with Crippen LogP contribution in [0.3, 0.4) is 0 Å². The number of methoxy groups -OCH3 is 1. The first-order valence-corrected chi connectivity index (χ1v) is 10.1. The van der Waals surface area contributed by atoms with Crippen molar-refractivity contribution in [1.82, 2.24) is 15.3 Å². The molecule has 5 nitrogen and oxygen atoms in total. The number of hydrogen-bond donors (Lipinski definition) is 2. The Kier molecular flexibility index (Phi) is 4.84. The molecule has 5 heteroatoms. The Balaban J connectivity index is 1.54. The average molecular weight is 407 g/mol. The van der Waals surface area contributed by atoms with Crippen LogP contribution in [0.2, 0.25) is 0 Å². The van der Waals surface area contributed by atoms with Crippen LogP contribution in [0.1, 0.15) is 16.1 Å². The number of ether oxygens (including phenoxy) is 1. The standard InChI is InChI=1S/C26H21N3O2/c1-31-19-13-11-17(12-14-19)16-27-26(30)23-15-21-20-9-5-6-10-22(20)28-25(21)24(29-23)18-7-3-2-4-8-18/h2-15,28H,16H2,1H3,(H,27,30). The van der Waals surface area contributed by atoms with Gasteiger partial charge in [0.15, 0.2) is 0 Å². The number of para-hydroxylation sites is 1. The molecule has 0 radical (unpaired) electrons. The highest BCUT2D eigenvalue weighted by Gasteiger charge is 2.16. The van der Waals surface area contributed by atoms with E-state index in [-0.39, 0.29) is 5.91 Å². The zero-order valence-electron chi connectivity index (χ0n) is 17.1. The minimum atomic E-state index is -0.208. The molecule has 2 N–H and O–H groups in total. The number of carbonyl (C=O) groups is 1. The molecule has 1 amide bonds. The molecule has 0 aliphatic rings. The van der Waals surface area contributed by atoms with Crippen LogP contribution in [0.5, 0.6) is 5.75 Å². The maximum atomic E-state index is 13.0. The molecule has 0 fully saturated rings. The highest BCUT2D eigenvalue weighted by molar-refractivity contribution is 6.13. The van der Waals surface area contributed by atoms with E-state index < -0.39 is 0 Å². The topological polar surface area (TPSA) is 67.0 Å². The number of aromatic nitrogens is 2. The lowest BCUT2D eigenvalue weighted by atomic mass is 10.1. The Morgan fingerprint density at radius 1 is 0.935 bits per heavy atom. The van der Waals surface area contributed by atoms with Gasteiger partial charge in [-0.25, -0.2) is 4.98 Å². The first kappa shape index (κ1) is 18.9. The highest BCUT2D eigenvalue weighted by atomic mass is 16.5. The quantitative estimate of drug-likeness (QED) is 0.414. The summed E-state index contributed by atoms with van der Waals surface area (Å²) in [6.45, 7) is 0.414. The number of benzene rings is 3. The van der Waals surface area contributed by atoms with E-state index in [9.17, 15) is 4.79 Å². The van der Waals surface area contributed by atoms with Crippen LogP contribution >= 0.6 is 0 Å². The summed E-state index contributed by atoms with van der Waals surface area (Å²) in [5.41, 5.74) is 5.06. The second-order valence-corrected chi connectivity index (χ2v) is 7.35. The number of rotatable bonds is 5. The molecular weight excluding hydrogens is 386 g/mol. The van der Waals surface area contributed by atoms with Gasteiger partial charge in [-0.3, -0.25) is 4.79 Å². The Morgan fingerprint density at radius 3 is 2.45 bits per heavy atom. The summed E-state index contributed by atoms with van der Waals surface area (Å²) in [6, 6.07) is 27.5. The molecule has 5 aromatic rings. The number of carbonyl (C=O) groups excluding carboxylic acids is 1. The Morgan fingerprint density at radius 2 is 1.68 bits per heavy atom. The molecule has 0 saturated heterocycles. The maximum Gasteiger partial charge on any atom is 0.270 e. The van der Waals surface area contributed by atoms with Gasteiger partial charge in [0.25, 0.3) is 5.91 Å². The van der Waals surface area contributed by atoms with Crippen molar-refractivity contribution in [3.63, 3.8) is 0 Å². The third kappa shape index (κ3) is 3.62. The molecular formula is C26H21N3O2. The molecule has 5 rings (SSSR count). The molecule has 0 aliphatic heterocycles. The van der Waals surface area contributed by atoms with Crippen molar-refractivity contribution in [1.29, 1.82) is 0 Å². The minimum Gasteiger partial charge on any atom is -0.497 e. The fourth-order valence-electron chi connectivity index (χ4n) is 3.78. The van der Waals surface area contributed by atoms with Crippen molar-refractivity contribution in [3.8, 4) is 17.0 Å². The van der Waals surface area contributed by atoms with Crippen molar-refractivity contribution in [3.05, 3.63) is 96.2 Å². The molecule has 2 aromatic heterocycles. The van der Waals surface area contributed by atoms with E-state index in [2.05, 4.69) is 16.4 Å². The summed E-state index contributed by atoms with van der Waals surface area (Å²) in [5, 5.41) is 5.04. The summed E-state index contributed by atoms with van der Waals surface area (Å²) in [7, 11) is 1.63. The first-order chi connectivity index (χ1) is 15.2. The van der Waals surface area contributed by atoms with E-state index in [1.165, 1.54) is 0 Å². The van der Waals surface area contributed by atoms with Crippen molar-refractivity contribution in [2.75, 3.05) is 7.11 Å². The predicted octanol–water partition coefficient (Wildman–Crippen LogP) is 5.32. The Hall–Kier alpha value is -4.12. The van der Waals surface area contributed by atoms with Crippen molar-refractivity contribution >= 4 is 27.7 Å². The van der Waals surface area contributed by atoms with E-state index in [0.717, 1.165) is 44.4 Å². The molecule has 0 spiro atoms. The van der Waals surface area contributed by atoms with Crippen molar-refractivity contribution in [2.24, 2.45) is 0 Å². The van der Waals surface area contributed by atoms with Gasteiger partial charge in [-0.2, -0.15) is 0 Å². The van der Waals surface area contributed by atoms with Crippen LogP contribution in [-0.4, -0.2) is 23.0 Å². The first-order valence-electron chi connectivity index (χ1n) is 10.1. The molecule has 0 aliphatic carbocycles. The molecule has 31 heavy (non-hydrogen) atoms. The third-order valence-corrected chi connectivity index (χ3v) is 5.39. The van der Waals surface area contributed by atoms with Crippen LogP contribution in [0.25, 0.3) is 33.1 Å². The van der Waals surface area contributed by atoms with Gasteiger partial charge >= 0.3 is 0 Å². The summed E-state index contributed by atoms with van der Waals surface area (Å²) < 4.78 is 5.19. The largest absolute Gasteiger partial charge is 0.497 e. The fourth-order valence-corrected chi connectivity index (χ4v) is 3.78. The molecule has 0 saturated carbocycles. The number of pyridine rings is 1. The fraction of sp³-hybridized carbons (Fsp3) is 0.0769. The SMILES string of the molecule is COc1ccc(CNC(=O)c2cc3c([nH]c4ccccc43)c(-c3ccccc3)n2)cc1. The molecule has 152 valence electrons. The lowest BCUT2D eigenvalue weighted by molar-refractivity contribution is 0.0946. The number of aromatic amines is 1.